The summed E-state index contributed by atoms with van der Waals surface area (Å²) in [6, 6.07) is 8.72. The molecule has 2 atom stereocenters. The van der Waals surface area contributed by atoms with Crippen LogP contribution in [0.2, 0.25) is 0 Å². The van der Waals surface area contributed by atoms with Crippen LogP contribution in [-0.2, 0) is 17.9 Å². The summed E-state index contributed by atoms with van der Waals surface area (Å²) < 4.78 is 6.02. The summed E-state index contributed by atoms with van der Waals surface area (Å²) in [5, 5.41) is 3.16. The van der Waals surface area contributed by atoms with Crippen molar-refractivity contribution in [1.82, 2.24) is 5.32 Å². The van der Waals surface area contributed by atoms with Crippen LogP contribution in [-0.4, -0.2) is 13.2 Å². The minimum absolute atomic E-state index is 0.478. The molecule has 100 valence electrons. The number of hydrogen-bond donors (Lipinski definition) is 1. The Morgan fingerprint density at radius 1 is 1.17 bits per heavy atom. The molecule has 0 aromatic heterocycles. The minimum Gasteiger partial charge on any atom is -0.374 e. The van der Waals surface area contributed by atoms with E-state index in [1.165, 1.54) is 36.8 Å². The largest absolute Gasteiger partial charge is 0.374 e. The van der Waals surface area contributed by atoms with Gasteiger partial charge in [-0.3, -0.25) is 0 Å². The molecule has 0 aliphatic heterocycles. The van der Waals surface area contributed by atoms with Gasteiger partial charge in [0, 0.05) is 6.54 Å². The van der Waals surface area contributed by atoms with Crippen molar-refractivity contribution in [3.63, 3.8) is 0 Å². The topological polar surface area (TPSA) is 21.3 Å². The third-order valence-electron chi connectivity index (χ3n) is 3.78. The van der Waals surface area contributed by atoms with E-state index in [2.05, 4.69) is 36.5 Å². The van der Waals surface area contributed by atoms with E-state index in [0.29, 0.717) is 6.10 Å². The van der Waals surface area contributed by atoms with Crippen molar-refractivity contribution in [3.8, 4) is 0 Å². The lowest BCUT2D eigenvalue weighted by molar-refractivity contribution is 0.00466. The van der Waals surface area contributed by atoms with Crippen LogP contribution in [0, 0.1) is 5.92 Å². The number of ether oxygens (including phenoxy) is 1. The standard InChI is InChI=1S/C16H25NO/c1-13-4-3-5-16(10-13)18-12-15-8-6-14(7-9-15)11-17-2/h6-9,13,16-17H,3-5,10-12H2,1-2H3. The minimum atomic E-state index is 0.478. The molecule has 1 aliphatic rings. The molecule has 0 saturated heterocycles. The number of benzene rings is 1. The molecule has 2 heteroatoms. The smallest absolute Gasteiger partial charge is 0.0720 e. The maximum Gasteiger partial charge on any atom is 0.0720 e. The van der Waals surface area contributed by atoms with Gasteiger partial charge in [-0.2, -0.15) is 0 Å². The second-order valence-electron chi connectivity index (χ2n) is 5.55. The van der Waals surface area contributed by atoms with Crippen molar-refractivity contribution in [1.29, 1.82) is 0 Å². The highest BCUT2D eigenvalue weighted by atomic mass is 16.5. The zero-order chi connectivity index (χ0) is 12.8. The Morgan fingerprint density at radius 2 is 1.89 bits per heavy atom. The molecular formula is C16H25NO. The first kappa shape index (κ1) is 13.6. The van der Waals surface area contributed by atoms with E-state index in [1.807, 2.05) is 7.05 Å². The van der Waals surface area contributed by atoms with E-state index in [-0.39, 0.29) is 0 Å². The van der Waals surface area contributed by atoms with Crippen LogP contribution in [0.25, 0.3) is 0 Å². The van der Waals surface area contributed by atoms with Crippen molar-refractivity contribution in [2.45, 2.75) is 51.9 Å². The van der Waals surface area contributed by atoms with E-state index in [4.69, 9.17) is 4.74 Å². The van der Waals surface area contributed by atoms with Gasteiger partial charge >= 0.3 is 0 Å². The molecule has 0 amide bonds. The normalized spacial score (nSPS) is 24.1. The summed E-state index contributed by atoms with van der Waals surface area (Å²) in [7, 11) is 1.97. The van der Waals surface area contributed by atoms with Crippen molar-refractivity contribution in [3.05, 3.63) is 35.4 Å². The molecule has 2 rings (SSSR count). The summed E-state index contributed by atoms with van der Waals surface area (Å²) >= 11 is 0. The Balaban J connectivity index is 1.78. The predicted octanol–water partition coefficient (Wildman–Crippen LogP) is 3.50. The highest BCUT2D eigenvalue weighted by molar-refractivity contribution is 5.21. The fourth-order valence-electron chi connectivity index (χ4n) is 2.70. The van der Waals surface area contributed by atoms with Gasteiger partial charge in [-0.1, -0.05) is 44.0 Å². The first-order chi connectivity index (χ1) is 8.78. The summed E-state index contributed by atoms with van der Waals surface area (Å²) in [6.45, 7) is 4.03. The van der Waals surface area contributed by atoms with Crippen LogP contribution in [0.3, 0.4) is 0 Å². The molecule has 0 bridgehead atoms. The molecule has 1 saturated carbocycles. The lowest BCUT2D eigenvalue weighted by atomic mass is 9.89. The van der Waals surface area contributed by atoms with Crippen LogP contribution in [0.1, 0.15) is 43.7 Å². The van der Waals surface area contributed by atoms with Crippen LogP contribution < -0.4 is 5.32 Å². The van der Waals surface area contributed by atoms with Gasteiger partial charge in [0.05, 0.1) is 12.7 Å². The maximum atomic E-state index is 6.02. The van der Waals surface area contributed by atoms with Gasteiger partial charge in [-0.15, -0.1) is 0 Å². The maximum absolute atomic E-state index is 6.02. The molecule has 1 N–H and O–H groups in total. The average molecular weight is 247 g/mol. The summed E-state index contributed by atoms with van der Waals surface area (Å²) in [5.74, 6) is 0.835. The van der Waals surface area contributed by atoms with Crippen molar-refractivity contribution >= 4 is 0 Å². The van der Waals surface area contributed by atoms with Gasteiger partial charge in [-0.05, 0) is 36.9 Å². The number of rotatable bonds is 5. The molecule has 1 aromatic rings. The highest BCUT2D eigenvalue weighted by Crippen LogP contribution is 2.26. The molecule has 18 heavy (non-hydrogen) atoms. The van der Waals surface area contributed by atoms with Crippen molar-refractivity contribution in [2.75, 3.05) is 7.05 Å². The second-order valence-corrected chi connectivity index (χ2v) is 5.55. The SMILES string of the molecule is CNCc1ccc(COC2CCCC(C)C2)cc1. The molecule has 1 fully saturated rings. The van der Waals surface area contributed by atoms with Crippen LogP contribution >= 0.6 is 0 Å². The summed E-state index contributed by atoms with van der Waals surface area (Å²) in [4.78, 5) is 0. The van der Waals surface area contributed by atoms with Crippen molar-refractivity contribution < 1.29 is 4.74 Å². The van der Waals surface area contributed by atoms with Gasteiger partial charge < -0.3 is 10.1 Å². The Labute approximate surface area is 111 Å². The Bertz CT molecular complexity index is 347. The quantitative estimate of drug-likeness (QED) is 0.860. The molecule has 0 heterocycles. The fourth-order valence-corrected chi connectivity index (χ4v) is 2.70. The molecule has 2 unspecified atom stereocenters. The molecule has 1 aliphatic carbocycles. The van der Waals surface area contributed by atoms with Crippen LogP contribution in [0.4, 0.5) is 0 Å². The van der Waals surface area contributed by atoms with E-state index < -0.39 is 0 Å². The molecule has 0 spiro atoms. The van der Waals surface area contributed by atoms with Gasteiger partial charge in [-0.25, -0.2) is 0 Å². The fraction of sp³-hybridized carbons (Fsp3) is 0.625. The van der Waals surface area contributed by atoms with Crippen molar-refractivity contribution in [2.24, 2.45) is 5.92 Å². The Kier molecular flexibility index (Phi) is 5.21. The molecular weight excluding hydrogens is 222 g/mol. The van der Waals surface area contributed by atoms with Crippen LogP contribution in [0.15, 0.2) is 24.3 Å². The molecule has 2 nitrogen and oxygen atoms in total. The number of hydrogen-bond acceptors (Lipinski definition) is 2. The molecule has 1 aromatic carbocycles. The van der Waals surface area contributed by atoms with E-state index in [1.54, 1.807) is 0 Å². The third-order valence-corrected chi connectivity index (χ3v) is 3.78. The first-order valence-electron chi connectivity index (χ1n) is 7.12. The third kappa shape index (κ3) is 4.11. The Hall–Kier alpha value is -0.860. The van der Waals surface area contributed by atoms with Crippen LogP contribution in [0.5, 0.6) is 0 Å². The Morgan fingerprint density at radius 3 is 2.56 bits per heavy atom. The second kappa shape index (κ2) is 6.91. The van der Waals surface area contributed by atoms with E-state index in [9.17, 15) is 0 Å². The zero-order valence-electron chi connectivity index (χ0n) is 11.6. The zero-order valence-corrected chi connectivity index (χ0v) is 11.6. The van der Waals surface area contributed by atoms with Gasteiger partial charge in [0.25, 0.3) is 0 Å². The van der Waals surface area contributed by atoms with E-state index >= 15 is 0 Å². The average Bonchev–Trinajstić information content (AvgIpc) is 2.38. The monoisotopic (exact) mass is 247 g/mol. The lowest BCUT2D eigenvalue weighted by Crippen LogP contribution is -2.21. The molecule has 0 radical (unpaired) electrons. The highest BCUT2D eigenvalue weighted by Gasteiger charge is 2.19. The van der Waals surface area contributed by atoms with E-state index in [0.717, 1.165) is 19.1 Å². The predicted molar refractivity (Wildman–Crippen MR) is 75.4 cm³/mol. The lowest BCUT2D eigenvalue weighted by Gasteiger charge is -2.26. The summed E-state index contributed by atoms with van der Waals surface area (Å²) in [6.07, 6.45) is 5.65. The summed E-state index contributed by atoms with van der Waals surface area (Å²) in [5.41, 5.74) is 2.61. The number of nitrogens with one attached hydrogen (secondary N) is 1. The van der Waals surface area contributed by atoms with Gasteiger partial charge in [0.2, 0.25) is 0 Å². The van der Waals surface area contributed by atoms with Gasteiger partial charge in [0.15, 0.2) is 0 Å². The van der Waals surface area contributed by atoms with Gasteiger partial charge in [0.1, 0.15) is 0 Å². The first-order valence-corrected chi connectivity index (χ1v) is 7.12.